The summed E-state index contributed by atoms with van der Waals surface area (Å²) in [6.45, 7) is 4.42. The molecule has 0 spiro atoms. The number of anilines is 1. The SMILES string of the molecule is CC(=O)N1CN(CCc2ccccc2)Cc2c1sc1c2CCCC1. The zero-order valence-corrected chi connectivity index (χ0v) is 15.1. The van der Waals surface area contributed by atoms with Crippen LogP contribution in [-0.2, 0) is 30.6 Å². The minimum atomic E-state index is 0.166. The molecule has 0 unspecified atom stereocenters. The summed E-state index contributed by atoms with van der Waals surface area (Å²) >= 11 is 1.87. The fourth-order valence-corrected chi connectivity index (χ4v) is 5.30. The third-order valence-corrected chi connectivity index (χ3v) is 6.52. The van der Waals surface area contributed by atoms with E-state index in [4.69, 9.17) is 0 Å². The predicted molar refractivity (Wildman–Crippen MR) is 99.5 cm³/mol. The largest absolute Gasteiger partial charge is 0.290 e. The zero-order chi connectivity index (χ0) is 16.5. The summed E-state index contributed by atoms with van der Waals surface area (Å²) in [5, 5.41) is 1.23. The van der Waals surface area contributed by atoms with E-state index in [1.54, 1.807) is 12.5 Å². The summed E-state index contributed by atoms with van der Waals surface area (Å²) in [6, 6.07) is 10.6. The van der Waals surface area contributed by atoms with Crippen LogP contribution in [0.2, 0.25) is 0 Å². The lowest BCUT2D eigenvalue weighted by Crippen LogP contribution is -2.44. The van der Waals surface area contributed by atoms with Crippen molar-refractivity contribution in [2.75, 3.05) is 18.1 Å². The normalized spacial score (nSPS) is 17.5. The van der Waals surface area contributed by atoms with Crippen molar-refractivity contribution in [3.05, 3.63) is 51.9 Å². The van der Waals surface area contributed by atoms with Gasteiger partial charge in [0.15, 0.2) is 0 Å². The topological polar surface area (TPSA) is 23.6 Å². The van der Waals surface area contributed by atoms with Gasteiger partial charge in [-0.3, -0.25) is 14.6 Å². The summed E-state index contributed by atoms with van der Waals surface area (Å²) in [4.78, 5) is 18.2. The molecule has 2 heterocycles. The van der Waals surface area contributed by atoms with Gasteiger partial charge in [-0.1, -0.05) is 30.3 Å². The molecule has 4 heteroatoms. The van der Waals surface area contributed by atoms with E-state index in [-0.39, 0.29) is 5.91 Å². The van der Waals surface area contributed by atoms with Crippen LogP contribution in [0, 0.1) is 0 Å². The number of aryl methyl sites for hydroxylation is 1. The van der Waals surface area contributed by atoms with Crippen LogP contribution >= 0.6 is 11.3 Å². The van der Waals surface area contributed by atoms with E-state index in [9.17, 15) is 4.79 Å². The molecule has 0 saturated heterocycles. The van der Waals surface area contributed by atoms with Gasteiger partial charge in [0.1, 0.15) is 5.00 Å². The van der Waals surface area contributed by atoms with Crippen molar-refractivity contribution in [3.8, 4) is 0 Å². The van der Waals surface area contributed by atoms with Crippen molar-refractivity contribution >= 4 is 22.2 Å². The molecule has 2 aromatic rings. The lowest BCUT2D eigenvalue weighted by Gasteiger charge is -2.35. The van der Waals surface area contributed by atoms with Crippen LogP contribution in [0.5, 0.6) is 0 Å². The van der Waals surface area contributed by atoms with Crippen molar-refractivity contribution in [3.63, 3.8) is 0 Å². The Balaban J connectivity index is 1.57. The van der Waals surface area contributed by atoms with Crippen molar-refractivity contribution < 1.29 is 4.79 Å². The first kappa shape index (κ1) is 15.9. The molecule has 0 saturated carbocycles. The molecule has 0 atom stereocenters. The second kappa shape index (κ2) is 6.69. The molecule has 3 nitrogen and oxygen atoms in total. The molecule has 126 valence electrons. The molecule has 1 aromatic carbocycles. The lowest BCUT2D eigenvalue weighted by molar-refractivity contribution is -0.117. The monoisotopic (exact) mass is 340 g/mol. The Bertz CT molecular complexity index is 738. The highest BCUT2D eigenvalue weighted by atomic mass is 32.1. The second-order valence-corrected chi connectivity index (χ2v) is 7.95. The van der Waals surface area contributed by atoms with E-state index in [2.05, 4.69) is 35.2 Å². The summed E-state index contributed by atoms with van der Waals surface area (Å²) in [6.07, 6.45) is 6.01. The van der Waals surface area contributed by atoms with Gasteiger partial charge in [0.25, 0.3) is 0 Å². The van der Waals surface area contributed by atoms with Crippen LogP contribution in [-0.4, -0.2) is 24.0 Å². The number of hydrogen-bond acceptors (Lipinski definition) is 3. The van der Waals surface area contributed by atoms with Crippen LogP contribution in [0.1, 0.15) is 41.3 Å². The van der Waals surface area contributed by atoms with Crippen LogP contribution in [0.15, 0.2) is 30.3 Å². The maximum atomic E-state index is 12.2. The summed E-state index contributed by atoms with van der Waals surface area (Å²) < 4.78 is 0. The Hall–Kier alpha value is -1.65. The Kier molecular flexibility index (Phi) is 4.42. The van der Waals surface area contributed by atoms with Crippen molar-refractivity contribution in [2.45, 2.75) is 45.6 Å². The highest BCUT2D eigenvalue weighted by Gasteiger charge is 2.31. The number of benzene rings is 1. The maximum absolute atomic E-state index is 12.2. The van der Waals surface area contributed by atoms with Gasteiger partial charge in [0.2, 0.25) is 5.91 Å². The molecule has 1 aliphatic carbocycles. The zero-order valence-electron chi connectivity index (χ0n) is 14.3. The van der Waals surface area contributed by atoms with Gasteiger partial charge in [-0.2, -0.15) is 0 Å². The molecular formula is C20H24N2OS. The summed E-state index contributed by atoms with van der Waals surface area (Å²) in [7, 11) is 0. The standard InChI is InChI=1S/C20H24N2OS/c1-15(23)22-14-21(12-11-16-7-3-2-4-8-16)13-18-17-9-5-6-10-19(17)24-20(18)22/h2-4,7-8H,5-6,9-14H2,1H3. The fraction of sp³-hybridized carbons (Fsp3) is 0.450. The smallest absolute Gasteiger partial charge is 0.225 e. The van der Waals surface area contributed by atoms with Gasteiger partial charge in [-0.15, -0.1) is 11.3 Å². The van der Waals surface area contributed by atoms with Crippen LogP contribution < -0.4 is 4.90 Å². The molecule has 0 bridgehead atoms. The van der Waals surface area contributed by atoms with Crippen molar-refractivity contribution in [2.24, 2.45) is 0 Å². The number of nitrogens with zero attached hydrogens (tertiary/aromatic N) is 2. The van der Waals surface area contributed by atoms with E-state index in [1.165, 1.54) is 46.7 Å². The third-order valence-electron chi connectivity index (χ3n) is 5.17. The van der Waals surface area contributed by atoms with Crippen LogP contribution in [0.3, 0.4) is 0 Å². The predicted octanol–water partition coefficient (Wildman–Crippen LogP) is 4.00. The Labute approximate surface area is 147 Å². The van der Waals surface area contributed by atoms with Crippen LogP contribution in [0.4, 0.5) is 5.00 Å². The van der Waals surface area contributed by atoms with E-state index in [1.807, 2.05) is 16.2 Å². The fourth-order valence-electron chi connectivity index (χ4n) is 3.86. The molecule has 1 aliphatic heterocycles. The Morgan fingerprint density at radius 3 is 2.71 bits per heavy atom. The first-order valence-corrected chi connectivity index (χ1v) is 9.72. The van der Waals surface area contributed by atoms with Crippen molar-refractivity contribution in [1.82, 2.24) is 4.90 Å². The quantitative estimate of drug-likeness (QED) is 0.843. The van der Waals surface area contributed by atoms with E-state index >= 15 is 0 Å². The molecule has 4 rings (SSSR count). The van der Waals surface area contributed by atoms with Gasteiger partial charge in [0.05, 0.1) is 6.67 Å². The molecule has 0 fully saturated rings. The molecule has 0 radical (unpaired) electrons. The Morgan fingerprint density at radius 2 is 1.92 bits per heavy atom. The molecule has 24 heavy (non-hydrogen) atoms. The van der Waals surface area contributed by atoms with Crippen LogP contribution in [0.25, 0.3) is 0 Å². The summed E-state index contributed by atoms with van der Waals surface area (Å²) in [5.41, 5.74) is 4.35. The summed E-state index contributed by atoms with van der Waals surface area (Å²) in [5.74, 6) is 0.166. The minimum Gasteiger partial charge on any atom is -0.290 e. The van der Waals surface area contributed by atoms with Gasteiger partial charge < -0.3 is 0 Å². The number of rotatable bonds is 3. The number of fused-ring (bicyclic) bond motifs is 3. The number of amides is 1. The molecule has 0 N–H and O–H groups in total. The van der Waals surface area contributed by atoms with Gasteiger partial charge in [0, 0.05) is 30.5 Å². The average Bonchev–Trinajstić information content (AvgIpc) is 2.98. The first-order chi connectivity index (χ1) is 11.7. The van der Waals surface area contributed by atoms with E-state index in [0.29, 0.717) is 0 Å². The number of carbonyl (C=O) groups excluding carboxylic acids is 1. The van der Waals surface area contributed by atoms with Crippen molar-refractivity contribution in [1.29, 1.82) is 0 Å². The molecule has 2 aliphatic rings. The molecule has 1 amide bonds. The number of hydrogen-bond donors (Lipinski definition) is 0. The average molecular weight is 340 g/mol. The van der Waals surface area contributed by atoms with Gasteiger partial charge in [-0.25, -0.2) is 0 Å². The van der Waals surface area contributed by atoms with E-state index in [0.717, 1.165) is 26.2 Å². The Morgan fingerprint density at radius 1 is 1.12 bits per heavy atom. The first-order valence-electron chi connectivity index (χ1n) is 8.90. The second-order valence-electron chi connectivity index (χ2n) is 6.87. The maximum Gasteiger partial charge on any atom is 0.225 e. The van der Waals surface area contributed by atoms with Gasteiger partial charge in [-0.05, 0) is 43.2 Å². The minimum absolute atomic E-state index is 0.166. The van der Waals surface area contributed by atoms with E-state index < -0.39 is 0 Å². The number of thiophene rings is 1. The molecular weight excluding hydrogens is 316 g/mol. The number of carbonyl (C=O) groups is 1. The molecule has 1 aromatic heterocycles. The lowest BCUT2D eigenvalue weighted by atomic mass is 9.94. The van der Waals surface area contributed by atoms with Gasteiger partial charge >= 0.3 is 0 Å². The highest BCUT2D eigenvalue weighted by Crippen LogP contribution is 2.43. The third kappa shape index (κ3) is 3.01. The highest BCUT2D eigenvalue weighted by molar-refractivity contribution is 7.16.